The van der Waals surface area contributed by atoms with Gasteiger partial charge in [-0.2, -0.15) is 0 Å². The maximum Gasteiger partial charge on any atom is 0.123 e. The molecule has 0 aromatic heterocycles. The third-order valence-corrected chi connectivity index (χ3v) is 3.59. The van der Waals surface area contributed by atoms with Crippen molar-refractivity contribution in [2.75, 3.05) is 0 Å². The molecule has 0 radical (unpaired) electrons. The van der Waals surface area contributed by atoms with Crippen molar-refractivity contribution in [1.29, 1.82) is 0 Å². The molecule has 1 atom stereocenters. The topological polar surface area (TPSA) is 26.0 Å². The molecule has 0 spiro atoms. The van der Waals surface area contributed by atoms with Crippen molar-refractivity contribution in [3.05, 3.63) is 71.0 Å². The van der Waals surface area contributed by atoms with Gasteiger partial charge in [-0.25, -0.2) is 4.39 Å². The summed E-state index contributed by atoms with van der Waals surface area (Å²) in [5.74, 6) is -0.210. The minimum atomic E-state index is -0.489. The molecule has 106 valence electrons. The van der Waals surface area contributed by atoms with Gasteiger partial charge in [-0.1, -0.05) is 49.7 Å². The lowest BCUT2D eigenvalue weighted by Gasteiger charge is -2.26. The van der Waals surface area contributed by atoms with Crippen molar-refractivity contribution < 1.29 is 4.39 Å². The first-order valence-corrected chi connectivity index (χ1v) is 7.14. The fourth-order valence-electron chi connectivity index (χ4n) is 2.54. The third-order valence-electron chi connectivity index (χ3n) is 3.59. The Labute approximate surface area is 120 Å². The van der Waals surface area contributed by atoms with Gasteiger partial charge in [-0.15, -0.1) is 0 Å². The average molecular weight is 271 g/mol. The van der Waals surface area contributed by atoms with Gasteiger partial charge in [0, 0.05) is 5.54 Å². The number of benzene rings is 2. The summed E-state index contributed by atoms with van der Waals surface area (Å²) in [6.07, 6.45) is 2.80. The van der Waals surface area contributed by atoms with Crippen LogP contribution in [0.3, 0.4) is 0 Å². The van der Waals surface area contributed by atoms with Crippen molar-refractivity contribution in [1.82, 2.24) is 0 Å². The van der Waals surface area contributed by atoms with Crippen molar-refractivity contribution in [2.24, 2.45) is 5.73 Å². The van der Waals surface area contributed by atoms with Crippen LogP contribution < -0.4 is 5.73 Å². The predicted octanol–water partition coefficient (Wildman–Crippen LogP) is 4.19. The van der Waals surface area contributed by atoms with Crippen LogP contribution in [0.15, 0.2) is 48.5 Å². The number of hydrogen-bond acceptors (Lipinski definition) is 1. The van der Waals surface area contributed by atoms with E-state index in [1.54, 1.807) is 12.1 Å². The second-order valence-electron chi connectivity index (χ2n) is 5.67. The highest BCUT2D eigenvalue weighted by Crippen LogP contribution is 2.24. The molecule has 1 nitrogen and oxygen atoms in total. The summed E-state index contributed by atoms with van der Waals surface area (Å²) in [6, 6.07) is 15.1. The molecule has 2 rings (SSSR count). The molecule has 0 fully saturated rings. The van der Waals surface area contributed by atoms with E-state index in [1.165, 1.54) is 11.6 Å². The van der Waals surface area contributed by atoms with Crippen LogP contribution in [-0.4, -0.2) is 0 Å². The summed E-state index contributed by atoms with van der Waals surface area (Å²) >= 11 is 0. The van der Waals surface area contributed by atoms with Crippen molar-refractivity contribution in [3.63, 3.8) is 0 Å². The molecule has 2 aromatic carbocycles. The van der Waals surface area contributed by atoms with Crippen LogP contribution in [0, 0.1) is 5.82 Å². The summed E-state index contributed by atoms with van der Waals surface area (Å²) in [7, 11) is 0. The average Bonchev–Trinajstić information content (AvgIpc) is 2.39. The Morgan fingerprint density at radius 1 is 1.05 bits per heavy atom. The van der Waals surface area contributed by atoms with Gasteiger partial charge in [0.1, 0.15) is 5.82 Å². The van der Waals surface area contributed by atoms with Gasteiger partial charge < -0.3 is 5.73 Å². The van der Waals surface area contributed by atoms with Crippen LogP contribution in [0.25, 0.3) is 0 Å². The Morgan fingerprint density at radius 3 is 2.45 bits per heavy atom. The minimum Gasteiger partial charge on any atom is -0.321 e. The predicted molar refractivity (Wildman–Crippen MR) is 82.1 cm³/mol. The monoisotopic (exact) mass is 271 g/mol. The Bertz CT molecular complexity index is 575. The number of rotatable bonds is 5. The Balaban J connectivity index is 2.23. The largest absolute Gasteiger partial charge is 0.321 e. The lowest BCUT2D eigenvalue weighted by atomic mass is 9.85. The van der Waals surface area contributed by atoms with E-state index in [4.69, 9.17) is 5.73 Å². The minimum absolute atomic E-state index is 0.210. The quantitative estimate of drug-likeness (QED) is 0.866. The summed E-state index contributed by atoms with van der Waals surface area (Å²) in [5.41, 5.74) is 9.31. The lowest BCUT2D eigenvalue weighted by molar-refractivity contribution is 0.489. The zero-order valence-electron chi connectivity index (χ0n) is 12.2. The third kappa shape index (κ3) is 3.67. The molecule has 1 unspecified atom stereocenters. The number of hydrogen-bond donors (Lipinski definition) is 1. The van der Waals surface area contributed by atoms with E-state index < -0.39 is 5.54 Å². The molecule has 0 aliphatic heterocycles. The molecule has 0 aliphatic rings. The van der Waals surface area contributed by atoms with E-state index >= 15 is 0 Å². The number of halogens is 1. The van der Waals surface area contributed by atoms with Gasteiger partial charge in [0.25, 0.3) is 0 Å². The van der Waals surface area contributed by atoms with E-state index in [1.807, 2.05) is 13.0 Å². The van der Waals surface area contributed by atoms with E-state index in [0.29, 0.717) is 6.42 Å². The molecule has 0 aliphatic carbocycles. The molecule has 0 amide bonds. The van der Waals surface area contributed by atoms with Crippen LogP contribution in [0.5, 0.6) is 0 Å². The maximum absolute atomic E-state index is 13.3. The highest BCUT2D eigenvalue weighted by molar-refractivity contribution is 5.31. The van der Waals surface area contributed by atoms with Crippen LogP contribution >= 0.6 is 0 Å². The summed E-state index contributed by atoms with van der Waals surface area (Å²) in [6.45, 7) is 4.17. The highest BCUT2D eigenvalue weighted by Gasteiger charge is 2.22. The second kappa shape index (κ2) is 6.19. The zero-order chi connectivity index (χ0) is 14.6. The summed E-state index contributed by atoms with van der Waals surface area (Å²) < 4.78 is 13.3. The van der Waals surface area contributed by atoms with Crippen molar-refractivity contribution >= 4 is 0 Å². The number of nitrogens with two attached hydrogens (primary N) is 1. The fourth-order valence-corrected chi connectivity index (χ4v) is 2.54. The SMILES string of the molecule is CCCc1cccc(C(C)(N)Cc2cccc(F)c2)c1. The molecule has 2 heteroatoms. The first-order valence-electron chi connectivity index (χ1n) is 7.14. The van der Waals surface area contributed by atoms with E-state index in [0.717, 1.165) is 24.0 Å². The van der Waals surface area contributed by atoms with Gasteiger partial charge in [-0.3, -0.25) is 0 Å². The molecule has 2 N–H and O–H groups in total. The van der Waals surface area contributed by atoms with Crippen LogP contribution in [0.2, 0.25) is 0 Å². The van der Waals surface area contributed by atoms with Gasteiger partial charge >= 0.3 is 0 Å². The standard InChI is InChI=1S/C18H22FN/c1-3-6-14-7-4-9-16(11-14)18(2,20)13-15-8-5-10-17(19)12-15/h4-5,7-12H,3,6,13,20H2,1-2H3. The molecule has 0 bridgehead atoms. The fraction of sp³-hybridized carbons (Fsp3) is 0.333. The summed E-state index contributed by atoms with van der Waals surface area (Å²) in [4.78, 5) is 0. The maximum atomic E-state index is 13.3. The first-order chi connectivity index (χ1) is 9.51. The normalized spacial score (nSPS) is 14.0. The lowest BCUT2D eigenvalue weighted by Crippen LogP contribution is -2.35. The van der Waals surface area contributed by atoms with Gasteiger partial charge in [0.2, 0.25) is 0 Å². The first kappa shape index (κ1) is 14.7. The smallest absolute Gasteiger partial charge is 0.123 e. The number of aryl methyl sites for hydroxylation is 1. The Kier molecular flexibility index (Phi) is 4.56. The van der Waals surface area contributed by atoms with Gasteiger partial charge in [-0.05, 0) is 48.6 Å². The van der Waals surface area contributed by atoms with Gasteiger partial charge in [0.15, 0.2) is 0 Å². The van der Waals surface area contributed by atoms with Crippen LogP contribution in [0.4, 0.5) is 4.39 Å². The highest BCUT2D eigenvalue weighted by atomic mass is 19.1. The molecule has 0 heterocycles. The molecular weight excluding hydrogens is 249 g/mol. The molecule has 0 saturated carbocycles. The second-order valence-corrected chi connectivity index (χ2v) is 5.67. The Morgan fingerprint density at radius 2 is 1.75 bits per heavy atom. The molecule has 20 heavy (non-hydrogen) atoms. The molecular formula is C18H22FN. The van der Waals surface area contributed by atoms with Crippen LogP contribution in [-0.2, 0) is 18.4 Å². The Hall–Kier alpha value is -1.67. The summed E-state index contributed by atoms with van der Waals surface area (Å²) in [5, 5.41) is 0. The van der Waals surface area contributed by atoms with Crippen LogP contribution in [0.1, 0.15) is 37.0 Å². The zero-order valence-corrected chi connectivity index (χ0v) is 12.2. The van der Waals surface area contributed by atoms with Gasteiger partial charge in [0.05, 0.1) is 0 Å². The van der Waals surface area contributed by atoms with E-state index in [2.05, 4.69) is 31.2 Å². The van der Waals surface area contributed by atoms with Crippen molar-refractivity contribution in [2.45, 2.75) is 38.6 Å². The van der Waals surface area contributed by atoms with Crippen molar-refractivity contribution in [3.8, 4) is 0 Å². The van der Waals surface area contributed by atoms with E-state index in [-0.39, 0.29) is 5.82 Å². The molecule has 0 saturated heterocycles. The molecule has 2 aromatic rings. The van der Waals surface area contributed by atoms with E-state index in [9.17, 15) is 4.39 Å².